The van der Waals surface area contributed by atoms with Crippen molar-refractivity contribution in [2.75, 3.05) is 0 Å². The average Bonchev–Trinajstić information content (AvgIpc) is 3.39. The number of benzene rings is 2. The standard InChI is InChI=1S/C19H16FN5O3/c20-16-4-2-1-3-14(16)10-23(15-6-7-15)19(26)13-5-8-17(18(9-13)25(27)28)24-12-21-11-22-24/h1-5,8-9,11-12,15H,6-7,10H2. The first-order valence-electron chi connectivity index (χ1n) is 8.72. The fourth-order valence-corrected chi connectivity index (χ4v) is 3.06. The molecule has 8 nitrogen and oxygen atoms in total. The second-order valence-electron chi connectivity index (χ2n) is 6.56. The van der Waals surface area contributed by atoms with Gasteiger partial charge in [-0.05, 0) is 31.0 Å². The SMILES string of the molecule is O=C(c1ccc(-n2cncn2)c([N+](=O)[O-])c1)N(Cc1ccccc1F)C1CC1. The summed E-state index contributed by atoms with van der Waals surface area (Å²) < 4.78 is 15.3. The minimum absolute atomic E-state index is 0.0150. The number of carbonyl (C=O) groups is 1. The molecule has 0 atom stereocenters. The first kappa shape index (κ1) is 17.8. The number of rotatable bonds is 6. The largest absolute Gasteiger partial charge is 0.331 e. The number of nitro groups is 1. The van der Waals surface area contributed by atoms with E-state index in [0.29, 0.717) is 5.56 Å². The van der Waals surface area contributed by atoms with E-state index in [4.69, 9.17) is 0 Å². The van der Waals surface area contributed by atoms with Crippen molar-refractivity contribution >= 4 is 11.6 Å². The van der Waals surface area contributed by atoms with Gasteiger partial charge < -0.3 is 4.90 Å². The predicted molar refractivity (Wildman–Crippen MR) is 97.3 cm³/mol. The van der Waals surface area contributed by atoms with Gasteiger partial charge in [-0.1, -0.05) is 18.2 Å². The van der Waals surface area contributed by atoms with E-state index in [1.54, 1.807) is 23.1 Å². The van der Waals surface area contributed by atoms with Gasteiger partial charge in [0.25, 0.3) is 11.6 Å². The van der Waals surface area contributed by atoms with Crippen LogP contribution in [-0.2, 0) is 6.54 Å². The Labute approximate surface area is 159 Å². The zero-order chi connectivity index (χ0) is 19.7. The van der Waals surface area contributed by atoms with Gasteiger partial charge in [-0.2, -0.15) is 5.10 Å². The summed E-state index contributed by atoms with van der Waals surface area (Å²) in [7, 11) is 0. The summed E-state index contributed by atoms with van der Waals surface area (Å²) in [4.78, 5) is 29.4. The van der Waals surface area contributed by atoms with E-state index < -0.39 is 4.92 Å². The molecule has 2 aromatic carbocycles. The molecule has 142 valence electrons. The number of nitrogens with zero attached hydrogens (tertiary/aromatic N) is 5. The lowest BCUT2D eigenvalue weighted by Crippen LogP contribution is -2.33. The quantitative estimate of drug-likeness (QED) is 0.483. The Morgan fingerprint density at radius 2 is 2.07 bits per heavy atom. The Morgan fingerprint density at radius 1 is 1.29 bits per heavy atom. The minimum atomic E-state index is -0.563. The molecule has 1 fully saturated rings. The molecule has 0 N–H and O–H groups in total. The van der Waals surface area contributed by atoms with Crippen molar-refractivity contribution in [3.63, 3.8) is 0 Å². The van der Waals surface area contributed by atoms with Crippen LogP contribution < -0.4 is 0 Å². The molecule has 4 rings (SSSR count). The van der Waals surface area contributed by atoms with Crippen molar-refractivity contribution in [3.8, 4) is 5.69 Å². The Morgan fingerprint density at radius 3 is 2.71 bits per heavy atom. The summed E-state index contributed by atoms with van der Waals surface area (Å²) in [6.45, 7) is 0.120. The zero-order valence-corrected chi connectivity index (χ0v) is 14.7. The molecule has 0 aliphatic heterocycles. The maximum Gasteiger partial charge on any atom is 0.295 e. The monoisotopic (exact) mass is 381 g/mol. The smallest absolute Gasteiger partial charge is 0.295 e. The molecule has 1 saturated carbocycles. The number of hydrogen-bond acceptors (Lipinski definition) is 5. The summed E-state index contributed by atoms with van der Waals surface area (Å²) >= 11 is 0. The third-order valence-corrected chi connectivity index (χ3v) is 4.63. The normalized spacial score (nSPS) is 13.3. The highest BCUT2D eigenvalue weighted by Gasteiger charge is 2.34. The van der Waals surface area contributed by atoms with E-state index in [-0.39, 0.29) is 41.2 Å². The van der Waals surface area contributed by atoms with Crippen LogP contribution in [0, 0.1) is 15.9 Å². The summed E-state index contributed by atoms with van der Waals surface area (Å²) in [5.41, 5.74) is 0.555. The Bertz CT molecular complexity index is 1030. The minimum Gasteiger partial charge on any atom is -0.331 e. The molecule has 1 amide bonds. The predicted octanol–water partition coefficient (Wildman–Crippen LogP) is 3.12. The van der Waals surface area contributed by atoms with Crippen LogP contribution >= 0.6 is 0 Å². The van der Waals surface area contributed by atoms with Gasteiger partial charge in [0.05, 0.1) is 4.92 Å². The van der Waals surface area contributed by atoms with Gasteiger partial charge in [0, 0.05) is 29.8 Å². The zero-order valence-electron chi connectivity index (χ0n) is 14.7. The van der Waals surface area contributed by atoms with E-state index in [0.717, 1.165) is 12.8 Å². The van der Waals surface area contributed by atoms with Crippen LogP contribution in [0.15, 0.2) is 55.1 Å². The number of aromatic nitrogens is 3. The van der Waals surface area contributed by atoms with Crippen LogP contribution in [0.1, 0.15) is 28.8 Å². The van der Waals surface area contributed by atoms with Gasteiger partial charge in [-0.3, -0.25) is 14.9 Å². The highest BCUT2D eigenvalue weighted by Crippen LogP contribution is 2.31. The molecule has 3 aromatic rings. The van der Waals surface area contributed by atoms with Crippen molar-refractivity contribution in [1.29, 1.82) is 0 Å². The number of halogens is 1. The van der Waals surface area contributed by atoms with Crippen LogP contribution in [0.3, 0.4) is 0 Å². The van der Waals surface area contributed by atoms with Crippen molar-refractivity contribution in [2.45, 2.75) is 25.4 Å². The molecule has 28 heavy (non-hydrogen) atoms. The number of hydrogen-bond donors (Lipinski definition) is 0. The van der Waals surface area contributed by atoms with Crippen molar-refractivity contribution in [1.82, 2.24) is 19.7 Å². The molecule has 1 aliphatic carbocycles. The first-order chi connectivity index (χ1) is 13.5. The van der Waals surface area contributed by atoms with Gasteiger partial charge in [0.15, 0.2) is 0 Å². The molecule has 0 bridgehead atoms. The van der Waals surface area contributed by atoms with Gasteiger partial charge in [0.2, 0.25) is 0 Å². The van der Waals surface area contributed by atoms with Gasteiger partial charge in [-0.15, -0.1) is 0 Å². The highest BCUT2D eigenvalue weighted by atomic mass is 19.1. The fraction of sp³-hybridized carbons (Fsp3) is 0.211. The lowest BCUT2D eigenvalue weighted by molar-refractivity contribution is -0.384. The molecule has 1 aliphatic rings. The van der Waals surface area contributed by atoms with Crippen LogP contribution in [0.25, 0.3) is 5.69 Å². The van der Waals surface area contributed by atoms with Crippen LogP contribution in [0.2, 0.25) is 0 Å². The Hall–Kier alpha value is -3.62. The Balaban J connectivity index is 1.67. The highest BCUT2D eigenvalue weighted by molar-refractivity contribution is 5.95. The van der Waals surface area contributed by atoms with E-state index in [1.165, 1.54) is 41.6 Å². The van der Waals surface area contributed by atoms with Gasteiger partial charge in [-0.25, -0.2) is 14.1 Å². The summed E-state index contributed by atoms with van der Waals surface area (Å²) in [5, 5.41) is 15.4. The summed E-state index contributed by atoms with van der Waals surface area (Å²) in [6, 6.07) is 10.5. The fourth-order valence-electron chi connectivity index (χ4n) is 3.06. The van der Waals surface area contributed by atoms with Gasteiger partial charge in [0.1, 0.15) is 24.2 Å². The third kappa shape index (κ3) is 3.46. The third-order valence-electron chi connectivity index (χ3n) is 4.63. The van der Waals surface area contributed by atoms with Gasteiger partial charge >= 0.3 is 0 Å². The summed E-state index contributed by atoms with van der Waals surface area (Å²) in [5.74, 6) is -0.743. The summed E-state index contributed by atoms with van der Waals surface area (Å²) in [6.07, 6.45) is 4.28. The molecular weight excluding hydrogens is 365 g/mol. The van der Waals surface area contributed by atoms with Crippen molar-refractivity contribution < 1.29 is 14.1 Å². The molecule has 9 heteroatoms. The molecule has 1 aromatic heterocycles. The van der Waals surface area contributed by atoms with E-state index in [9.17, 15) is 19.3 Å². The maximum atomic E-state index is 14.0. The van der Waals surface area contributed by atoms with Crippen molar-refractivity contribution in [2.24, 2.45) is 0 Å². The van der Waals surface area contributed by atoms with E-state index in [2.05, 4.69) is 10.1 Å². The first-order valence-corrected chi connectivity index (χ1v) is 8.72. The molecule has 0 spiro atoms. The van der Waals surface area contributed by atoms with Crippen LogP contribution in [0.5, 0.6) is 0 Å². The lowest BCUT2D eigenvalue weighted by Gasteiger charge is -2.23. The Kier molecular flexibility index (Phi) is 4.56. The van der Waals surface area contributed by atoms with Crippen LogP contribution in [-0.4, -0.2) is 36.5 Å². The van der Waals surface area contributed by atoms with Crippen LogP contribution in [0.4, 0.5) is 10.1 Å². The molecule has 1 heterocycles. The molecular formula is C19H16FN5O3. The average molecular weight is 381 g/mol. The topological polar surface area (TPSA) is 94.2 Å². The lowest BCUT2D eigenvalue weighted by atomic mass is 10.1. The second-order valence-corrected chi connectivity index (χ2v) is 6.56. The number of amides is 1. The molecule has 0 saturated heterocycles. The van der Waals surface area contributed by atoms with E-state index >= 15 is 0 Å². The number of carbonyl (C=O) groups excluding carboxylic acids is 1. The molecule has 0 unspecified atom stereocenters. The van der Waals surface area contributed by atoms with E-state index in [1.807, 2.05) is 0 Å². The maximum absolute atomic E-state index is 14.0. The molecule has 0 radical (unpaired) electrons. The second kappa shape index (κ2) is 7.18. The van der Waals surface area contributed by atoms with Crippen molar-refractivity contribution in [3.05, 3.63) is 82.2 Å². The number of nitro benzene ring substituents is 1.